The van der Waals surface area contributed by atoms with Gasteiger partial charge in [0.15, 0.2) is 0 Å². The van der Waals surface area contributed by atoms with Gasteiger partial charge in [0.25, 0.3) is 0 Å². The molecule has 0 aliphatic heterocycles. The first-order chi connectivity index (χ1) is 9.70. The number of thiophene rings is 1. The lowest BCUT2D eigenvalue weighted by molar-refractivity contribution is 0.627. The molecule has 0 aromatic carbocycles. The Hall–Kier alpha value is -0.300. The molecular weight excluding hydrogens is 260 g/mol. The van der Waals surface area contributed by atoms with Crippen molar-refractivity contribution in [3.05, 3.63) is 20.9 Å². The molecule has 1 aromatic rings. The summed E-state index contributed by atoms with van der Waals surface area (Å²) in [5.41, 5.74) is 3.42. The molecule has 1 rings (SSSR count). The molecular formula is C19H34S. The summed E-state index contributed by atoms with van der Waals surface area (Å²) in [5, 5.41) is 0. The van der Waals surface area contributed by atoms with E-state index in [0.29, 0.717) is 0 Å². The fraction of sp³-hybridized carbons (Fsp3) is 0.789. The van der Waals surface area contributed by atoms with Gasteiger partial charge in [-0.1, -0.05) is 58.8 Å². The molecule has 0 fully saturated rings. The Kier molecular flexibility index (Phi) is 9.26. The Morgan fingerprint density at radius 3 is 1.45 bits per heavy atom. The van der Waals surface area contributed by atoms with Crippen LogP contribution >= 0.6 is 11.3 Å². The van der Waals surface area contributed by atoms with Crippen LogP contribution in [0.1, 0.15) is 92.5 Å². The van der Waals surface area contributed by atoms with E-state index in [1.54, 1.807) is 20.9 Å². The highest BCUT2D eigenvalue weighted by Gasteiger charge is 2.12. The Morgan fingerprint density at radius 1 is 0.600 bits per heavy atom. The van der Waals surface area contributed by atoms with E-state index in [1.165, 1.54) is 70.6 Å². The van der Waals surface area contributed by atoms with Crippen LogP contribution in [0.15, 0.2) is 0 Å². The topological polar surface area (TPSA) is 0 Å². The van der Waals surface area contributed by atoms with Crippen molar-refractivity contribution in [1.82, 2.24) is 0 Å². The molecule has 0 amide bonds. The number of hydrogen-bond acceptors (Lipinski definition) is 1. The molecule has 116 valence electrons. The third-order valence-electron chi connectivity index (χ3n) is 4.33. The van der Waals surface area contributed by atoms with Gasteiger partial charge in [-0.2, -0.15) is 0 Å². The van der Waals surface area contributed by atoms with Gasteiger partial charge in [0.05, 0.1) is 0 Å². The van der Waals surface area contributed by atoms with E-state index in [9.17, 15) is 0 Å². The molecule has 0 atom stereocenters. The first-order valence-corrected chi connectivity index (χ1v) is 9.60. The normalized spacial score (nSPS) is 11.2. The standard InChI is InChI=1S/C19H34S/c1-5-7-9-11-13-15-19-17(4)20-16(3)18(19)14-12-10-8-6-2/h5-15H2,1-4H3. The molecule has 0 saturated heterocycles. The van der Waals surface area contributed by atoms with E-state index in [4.69, 9.17) is 0 Å². The minimum absolute atomic E-state index is 1.32. The second-order valence-electron chi connectivity index (χ2n) is 6.15. The SMILES string of the molecule is CCCCCCCc1c(C)sc(C)c1CCCCCC. The second-order valence-corrected chi connectivity index (χ2v) is 7.58. The highest BCUT2D eigenvalue weighted by molar-refractivity contribution is 7.12. The monoisotopic (exact) mass is 294 g/mol. The van der Waals surface area contributed by atoms with Gasteiger partial charge >= 0.3 is 0 Å². The molecule has 0 nitrogen and oxygen atoms in total. The fourth-order valence-electron chi connectivity index (χ4n) is 3.07. The van der Waals surface area contributed by atoms with Gasteiger partial charge in [-0.15, -0.1) is 11.3 Å². The van der Waals surface area contributed by atoms with Crippen molar-refractivity contribution in [2.45, 2.75) is 98.3 Å². The zero-order valence-electron chi connectivity index (χ0n) is 14.2. The first kappa shape index (κ1) is 17.8. The molecule has 1 heteroatoms. The van der Waals surface area contributed by atoms with E-state index < -0.39 is 0 Å². The number of rotatable bonds is 11. The fourth-order valence-corrected chi connectivity index (χ4v) is 4.22. The van der Waals surface area contributed by atoms with Gasteiger partial charge in [0.1, 0.15) is 0 Å². The molecule has 0 saturated carbocycles. The highest BCUT2D eigenvalue weighted by Crippen LogP contribution is 2.30. The molecule has 0 aliphatic rings. The van der Waals surface area contributed by atoms with Crippen molar-refractivity contribution < 1.29 is 0 Å². The molecule has 1 heterocycles. The Morgan fingerprint density at radius 2 is 1.00 bits per heavy atom. The maximum absolute atomic E-state index is 2.33. The van der Waals surface area contributed by atoms with Crippen molar-refractivity contribution in [2.75, 3.05) is 0 Å². The Labute approximate surface area is 131 Å². The summed E-state index contributed by atoms with van der Waals surface area (Å²) in [6.07, 6.45) is 15.1. The lowest BCUT2D eigenvalue weighted by atomic mass is 9.97. The first-order valence-electron chi connectivity index (χ1n) is 8.78. The minimum atomic E-state index is 1.32. The Bertz CT molecular complexity index is 362. The van der Waals surface area contributed by atoms with Crippen LogP contribution in [0.4, 0.5) is 0 Å². The predicted octanol–water partition coefficient (Wildman–Crippen LogP) is 7.00. The van der Waals surface area contributed by atoms with Gasteiger partial charge in [-0.05, 0) is 50.7 Å². The van der Waals surface area contributed by atoms with Gasteiger partial charge < -0.3 is 0 Å². The van der Waals surface area contributed by atoms with Crippen LogP contribution in [0.2, 0.25) is 0 Å². The van der Waals surface area contributed by atoms with Crippen LogP contribution in [0.25, 0.3) is 0 Å². The van der Waals surface area contributed by atoms with Crippen LogP contribution < -0.4 is 0 Å². The summed E-state index contributed by atoms with van der Waals surface area (Å²) in [4.78, 5) is 3.17. The maximum atomic E-state index is 2.33. The van der Waals surface area contributed by atoms with Crippen molar-refractivity contribution in [1.29, 1.82) is 0 Å². The van der Waals surface area contributed by atoms with Crippen LogP contribution in [0, 0.1) is 13.8 Å². The summed E-state index contributed by atoms with van der Waals surface area (Å²) in [6.45, 7) is 9.24. The van der Waals surface area contributed by atoms with Gasteiger partial charge in [-0.3, -0.25) is 0 Å². The van der Waals surface area contributed by atoms with Gasteiger partial charge in [0, 0.05) is 9.75 Å². The van der Waals surface area contributed by atoms with E-state index in [1.807, 2.05) is 11.3 Å². The smallest absolute Gasteiger partial charge is 0.00518 e. The molecule has 0 radical (unpaired) electrons. The van der Waals surface area contributed by atoms with E-state index >= 15 is 0 Å². The van der Waals surface area contributed by atoms with Crippen molar-refractivity contribution in [2.24, 2.45) is 0 Å². The quantitative estimate of drug-likeness (QED) is 0.385. The molecule has 20 heavy (non-hydrogen) atoms. The van der Waals surface area contributed by atoms with Crippen molar-refractivity contribution in [3.8, 4) is 0 Å². The molecule has 0 N–H and O–H groups in total. The highest BCUT2D eigenvalue weighted by atomic mass is 32.1. The molecule has 0 aliphatic carbocycles. The zero-order chi connectivity index (χ0) is 14.8. The summed E-state index contributed by atoms with van der Waals surface area (Å²) >= 11 is 2.03. The largest absolute Gasteiger partial charge is 0.145 e. The maximum Gasteiger partial charge on any atom is 0.00518 e. The van der Waals surface area contributed by atoms with Crippen LogP contribution in [-0.2, 0) is 12.8 Å². The lowest BCUT2D eigenvalue weighted by Crippen LogP contribution is -1.95. The third kappa shape index (κ3) is 5.99. The summed E-state index contributed by atoms with van der Waals surface area (Å²) in [5.74, 6) is 0. The van der Waals surface area contributed by atoms with Gasteiger partial charge in [-0.25, -0.2) is 0 Å². The number of unbranched alkanes of at least 4 members (excludes halogenated alkanes) is 7. The summed E-state index contributed by atoms with van der Waals surface area (Å²) in [7, 11) is 0. The number of hydrogen-bond donors (Lipinski definition) is 0. The Balaban J connectivity index is 2.46. The molecule has 1 aromatic heterocycles. The van der Waals surface area contributed by atoms with E-state index in [2.05, 4.69) is 27.7 Å². The van der Waals surface area contributed by atoms with E-state index in [-0.39, 0.29) is 0 Å². The average molecular weight is 295 g/mol. The van der Waals surface area contributed by atoms with Crippen molar-refractivity contribution >= 4 is 11.3 Å². The third-order valence-corrected chi connectivity index (χ3v) is 5.44. The molecule has 0 bridgehead atoms. The predicted molar refractivity (Wildman–Crippen MR) is 94.1 cm³/mol. The average Bonchev–Trinajstić information content (AvgIpc) is 2.69. The number of aryl methyl sites for hydroxylation is 2. The van der Waals surface area contributed by atoms with Gasteiger partial charge in [0.2, 0.25) is 0 Å². The molecule has 0 unspecified atom stereocenters. The zero-order valence-corrected chi connectivity index (χ0v) is 15.0. The molecule has 0 spiro atoms. The lowest BCUT2D eigenvalue weighted by Gasteiger charge is -2.07. The van der Waals surface area contributed by atoms with Crippen molar-refractivity contribution in [3.63, 3.8) is 0 Å². The van der Waals surface area contributed by atoms with Crippen LogP contribution in [0.3, 0.4) is 0 Å². The van der Waals surface area contributed by atoms with Crippen LogP contribution in [0.5, 0.6) is 0 Å². The van der Waals surface area contributed by atoms with E-state index in [0.717, 1.165) is 0 Å². The summed E-state index contributed by atoms with van der Waals surface area (Å²) < 4.78 is 0. The summed E-state index contributed by atoms with van der Waals surface area (Å²) in [6, 6.07) is 0. The van der Waals surface area contributed by atoms with Crippen LogP contribution in [-0.4, -0.2) is 0 Å². The second kappa shape index (κ2) is 10.4. The minimum Gasteiger partial charge on any atom is -0.145 e.